The van der Waals surface area contributed by atoms with Gasteiger partial charge in [-0.3, -0.25) is 9.69 Å². The first-order valence-corrected chi connectivity index (χ1v) is 10.8. The van der Waals surface area contributed by atoms with E-state index < -0.39 is 6.04 Å². The van der Waals surface area contributed by atoms with Crippen LogP contribution in [-0.4, -0.2) is 52.1 Å². The van der Waals surface area contributed by atoms with E-state index in [-0.39, 0.29) is 18.0 Å². The first-order chi connectivity index (χ1) is 13.0. The zero-order chi connectivity index (χ0) is 19.4. The monoisotopic (exact) mass is 389 g/mol. The Morgan fingerprint density at radius 2 is 2.04 bits per heavy atom. The van der Waals surface area contributed by atoms with Gasteiger partial charge in [-0.2, -0.15) is 11.8 Å². The number of hydrogen-bond acceptors (Lipinski definition) is 4. The van der Waals surface area contributed by atoms with Gasteiger partial charge in [0.1, 0.15) is 6.04 Å². The number of imidazole rings is 1. The van der Waals surface area contributed by atoms with Crippen molar-refractivity contribution in [2.75, 3.05) is 23.5 Å². The predicted molar refractivity (Wildman–Crippen MR) is 110 cm³/mol. The summed E-state index contributed by atoms with van der Waals surface area (Å²) in [5, 5.41) is 5.89. The Kier molecular flexibility index (Phi) is 6.26. The zero-order valence-electron chi connectivity index (χ0n) is 16.1. The number of carbonyl (C=O) groups excluding carboxylic acids is 2. The minimum atomic E-state index is -0.544. The van der Waals surface area contributed by atoms with Crippen molar-refractivity contribution in [3.63, 3.8) is 0 Å². The van der Waals surface area contributed by atoms with Crippen LogP contribution in [0.2, 0.25) is 0 Å². The number of nitrogens with one attached hydrogen (secondary N) is 2. The van der Waals surface area contributed by atoms with Gasteiger partial charge >= 0.3 is 6.03 Å². The number of hydrogen-bond donors (Lipinski definition) is 2. The van der Waals surface area contributed by atoms with Crippen LogP contribution < -0.4 is 15.5 Å². The molecule has 2 atom stereocenters. The molecule has 0 unspecified atom stereocenters. The number of aromatic nitrogens is 2. The highest BCUT2D eigenvalue weighted by atomic mass is 32.2. The Labute approximate surface area is 163 Å². The second kappa shape index (κ2) is 8.65. The third-order valence-corrected chi connectivity index (χ3v) is 5.54. The van der Waals surface area contributed by atoms with Crippen LogP contribution >= 0.6 is 11.8 Å². The fourth-order valence-corrected chi connectivity index (χ4v) is 3.63. The van der Waals surface area contributed by atoms with Gasteiger partial charge < -0.3 is 15.2 Å². The molecular formula is C19H27N5O2S. The number of nitrogens with zero attached hydrogens (tertiary/aromatic N) is 3. The average Bonchev–Trinajstić information content (AvgIpc) is 3.23. The summed E-state index contributed by atoms with van der Waals surface area (Å²) >= 11 is 1.66. The summed E-state index contributed by atoms with van der Waals surface area (Å²) in [6.07, 6.45) is 3.44. The maximum atomic E-state index is 12.9. The summed E-state index contributed by atoms with van der Waals surface area (Å²) in [5.41, 5.74) is 1.90. The molecule has 3 amide bonds. The van der Waals surface area contributed by atoms with Crippen molar-refractivity contribution in [2.45, 2.75) is 45.3 Å². The highest BCUT2D eigenvalue weighted by Crippen LogP contribution is 2.27. The average molecular weight is 390 g/mol. The lowest BCUT2D eigenvalue weighted by Gasteiger charge is -2.23. The van der Waals surface area contributed by atoms with Crippen LogP contribution in [0.5, 0.6) is 0 Å². The van der Waals surface area contributed by atoms with Crippen molar-refractivity contribution in [2.24, 2.45) is 0 Å². The number of amides is 3. The zero-order valence-corrected chi connectivity index (χ0v) is 16.9. The summed E-state index contributed by atoms with van der Waals surface area (Å²) < 4.78 is 2.05. The van der Waals surface area contributed by atoms with E-state index in [1.807, 2.05) is 48.9 Å². The first-order valence-electron chi connectivity index (χ1n) is 9.37. The molecule has 2 aromatic rings. The second-order valence-electron chi connectivity index (χ2n) is 6.81. The molecule has 7 nitrogen and oxygen atoms in total. The largest absolute Gasteiger partial charge is 0.352 e. The Morgan fingerprint density at radius 1 is 1.26 bits per heavy atom. The van der Waals surface area contributed by atoms with Crippen molar-refractivity contribution in [1.82, 2.24) is 20.2 Å². The van der Waals surface area contributed by atoms with E-state index in [9.17, 15) is 9.59 Å². The number of benzene rings is 1. The Hall–Kier alpha value is -2.22. The van der Waals surface area contributed by atoms with Crippen molar-refractivity contribution in [1.29, 1.82) is 0 Å². The molecular weight excluding hydrogens is 362 g/mol. The molecule has 1 aliphatic rings. The van der Waals surface area contributed by atoms with Crippen LogP contribution in [0.4, 0.5) is 10.7 Å². The molecule has 0 saturated heterocycles. The summed E-state index contributed by atoms with van der Waals surface area (Å²) in [6.45, 7) is 5.25. The van der Waals surface area contributed by atoms with Crippen molar-refractivity contribution in [3.8, 4) is 0 Å². The van der Waals surface area contributed by atoms with Crippen LogP contribution in [0, 0.1) is 0 Å². The minimum Gasteiger partial charge on any atom is -0.352 e. The molecule has 27 heavy (non-hydrogen) atoms. The Balaban J connectivity index is 1.74. The first kappa shape index (κ1) is 19.5. The minimum absolute atomic E-state index is 0.0853. The number of urea groups is 1. The maximum Gasteiger partial charge on any atom is 0.324 e. The number of anilines is 1. The van der Waals surface area contributed by atoms with Crippen molar-refractivity contribution >= 4 is 40.7 Å². The molecule has 146 valence electrons. The lowest BCUT2D eigenvalue weighted by Crippen LogP contribution is -2.52. The Bertz CT molecular complexity index is 822. The molecule has 1 aliphatic heterocycles. The molecule has 0 aliphatic carbocycles. The van der Waals surface area contributed by atoms with E-state index in [0.29, 0.717) is 25.5 Å². The SMILES string of the molecule is CC[C@@H](C)NC(=O)[C@H](CCSC)NC(=O)N1CCn2c1nc1ccccc12. The van der Waals surface area contributed by atoms with Gasteiger partial charge in [0.15, 0.2) is 0 Å². The smallest absolute Gasteiger partial charge is 0.324 e. The van der Waals surface area contributed by atoms with Crippen molar-refractivity contribution < 1.29 is 9.59 Å². The van der Waals surface area contributed by atoms with Crippen LogP contribution in [0.15, 0.2) is 24.3 Å². The fraction of sp³-hybridized carbons (Fsp3) is 0.526. The third kappa shape index (κ3) is 4.21. The van der Waals surface area contributed by atoms with E-state index in [4.69, 9.17) is 0 Å². The van der Waals surface area contributed by atoms with Gasteiger partial charge in [0.25, 0.3) is 0 Å². The van der Waals surface area contributed by atoms with E-state index in [1.54, 1.807) is 16.7 Å². The van der Waals surface area contributed by atoms with Gasteiger partial charge in [-0.15, -0.1) is 0 Å². The van der Waals surface area contributed by atoms with Gasteiger partial charge in [0, 0.05) is 19.1 Å². The van der Waals surface area contributed by atoms with Gasteiger partial charge in [0.05, 0.1) is 11.0 Å². The molecule has 0 spiro atoms. The molecule has 1 aromatic heterocycles. The quantitative estimate of drug-likeness (QED) is 0.763. The molecule has 3 rings (SSSR count). The summed E-state index contributed by atoms with van der Waals surface area (Å²) in [6, 6.07) is 7.13. The highest BCUT2D eigenvalue weighted by molar-refractivity contribution is 7.98. The summed E-state index contributed by atoms with van der Waals surface area (Å²) in [4.78, 5) is 31.7. The molecule has 8 heteroatoms. The number of carbonyl (C=O) groups is 2. The normalized spacial score (nSPS) is 15.4. The lowest BCUT2D eigenvalue weighted by molar-refractivity contribution is -0.123. The van der Waals surface area contributed by atoms with Gasteiger partial charge in [0.2, 0.25) is 11.9 Å². The maximum absolute atomic E-state index is 12.9. The molecule has 0 saturated carbocycles. The topological polar surface area (TPSA) is 79.3 Å². The van der Waals surface area contributed by atoms with E-state index in [2.05, 4.69) is 15.6 Å². The molecule has 1 aromatic carbocycles. The highest BCUT2D eigenvalue weighted by Gasteiger charge is 2.31. The molecule has 0 radical (unpaired) electrons. The Morgan fingerprint density at radius 3 is 2.78 bits per heavy atom. The molecule has 2 N–H and O–H groups in total. The van der Waals surface area contributed by atoms with Gasteiger partial charge in [-0.25, -0.2) is 9.78 Å². The molecule has 0 fully saturated rings. The van der Waals surface area contributed by atoms with Crippen LogP contribution in [0.25, 0.3) is 11.0 Å². The molecule has 0 bridgehead atoms. The summed E-state index contributed by atoms with van der Waals surface area (Å²) in [5.74, 6) is 1.32. The van der Waals surface area contributed by atoms with Gasteiger partial charge in [-0.05, 0) is 43.9 Å². The van der Waals surface area contributed by atoms with Gasteiger partial charge in [-0.1, -0.05) is 19.1 Å². The summed E-state index contributed by atoms with van der Waals surface area (Å²) in [7, 11) is 0. The van der Waals surface area contributed by atoms with Crippen LogP contribution in [-0.2, 0) is 11.3 Å². The number of rotatable bonds is 7. The van der Waals surface area contributed by atoms with Crippen LogP contribution in [0.1, 0.15) is 26.7 Å². The second-order valence-corrected chi connectivity index (χ2v) is 7.79. The number of para-hydroxylation sites is 2. The van der Waals surface area contributed by atoms with Crippen molar-refractivity contribution in [3.05, 3.63) is 24.3 Å². The lowest BCUT2D eigenvalue weighted by atomic mass is 10.2. The standard InChI is InChI=1S/C19H27N5O2S/c1-4-13(2)20-17(25)15(9-12-27-3)22-19(26)24-11-10-23-16-8-6-5-7-14(16)21-18(23)24/h5-8,13,15H,4,9-12H2,1-3H3,(H,20,25)(H,22,26)/t13-,15+/m1/s1. The molecule has 2 heterocycles. The number of fused-ring (bicyclic) bond motifs is 3. The van der Waals surface area contributed by atoms with E-state index in [1.165, 1.54) is 0 Å². The van der Waals surface area contributed by atoms with Crippen LogP contribution in [0.3, 0.4) is 0 Å². The predicted octanol–water partition coefficient (Wildman–Crippen LogP) is 2.60. The van der Waals surface area contributed by atoms with E-state index in [0.717, 1.165) is 23.2 Å². The third-order valence-electron chi connectivity index (χ3n) is 4.89. The fourth-order valence-electron chi connectivity index (χ4n) is 3.16. The van der Waals surface area contributed by atoms with E-state index >= 15 is 0 Å². The number of thioether (sulfide) groups is 1.